The van der Waals surface area contributed by atoms with Crippen molar-refractivity contribution in [1.82, 2.24) is 5.32 Å². The fourth-order valence-corrected chi connectivity index (χ4v) is 5.34. The molecule has 1 aliphatic heterocycles. The number of nitrogens with zero attached hydrogens (tertiary/aromatic N) is 1. The number of carbonyl (C=O) groups excluding carboxylic acids is 1. The topological polar surface area (TPSA) is 50.7 Å². The molecule has 2 atom stereocenters. The molecule has 3 aromatic carbocycles. The van der Waals surface area contributed by atoms with Gasteiger partial charge in [0.15, 0.2) is 0 Å². The molecule has 6 rings (SSSR count). The number of fused-ring (bicyclic) bond motifs is 5. The summed E-state index contributed by atoms with van der Waals surface area (Å²) in [7, 11) is 0. The number of allylic oxidation sites excluding steroid dienone is 3. The van der Waals surface area contributed by atoms with Gasteiger partial charge >= 0.3 is 12.1 Å². The Kier molecular flexibility index (Phi) is 7.89. The lowest BCUT2D eigenvalue weighted by Gasteiger charge is -2.32. The van der Waals surface area contributed by atoms with Gasteiger partial charge in [-0.3, -0.25) is 9.79 Å². The van der Waals surface area contributed by atoms with Gasteiger partial charge in [-0.2, -0.15) is 13.2 Å². The molecule has 0 radical (unpaired) electrons. The quantitative estimate of drug-likeness (QED) is 0.338. The second kappa shape index (κ2) is 11.5. The minimum atomic E-state index is -4.51. The van der Waals surface area contributed by atoms with Crippen LogP contribution in [0.15, 0.2) is 89.7 Å². The summed E-state index contributed by atoms with van der Waals surface area (Å²) in [4.78, 5) is 16.6. The largest absolute Gasteiger partial charge is 0.461 e. The number of benzene rings is 3. The number of nitrogens with one attached hydrogen (secondary N) is 1. The van der Waals surface area contributed by atoms with Gasteiger partial charge < -0.3 is 10.1 Å². The van der Waals surface area contributed by atoms with E-state index in [0.717, 1.165) is 34.9 Å². The van der Waals surface area contributed by atoms with Crippen LogP contribution in [0.4, 0.5) is 13.2 Å². The maximum absolute atomic E-state index is 13.3. The second-order valence-electron chi connectivity index (χ2n) is 9.53. The van der Waals surface area contributed by atoms with Gasteiger partial charge in [-0.25, -0.2) is 0 Å². The van der Waals surface area contributed by atoms with E-state index < -0.39 is 11.7 Å². The third-order valence-electron chi connectivity index (χ3n) is 7.02. The van der Waals surface area contributed by atoms with Crippen molar-refractivity contribution in [2.75, 3.05) is 6.54 Å². The summed E-state index contributed by atoms with van der Waals surface area (Å²) < 4.78 is 45.4. The van der Waals surface area contributed by atoms with Gasteiger partial charge in [0.1, 0.15) is 6.61 Å². The third-order valence-corrected chi connectivity index (χ3v) is 7.33. The van der Waals surface area contributed by atoms with Crippen LogP contribution in [0.2, 0.25) is 5.02 Å². The average molecular weight is 551 g/mol. The van der Waals surface area contributed by atoms with Crippen LogP contribution in [0, 0.1) is 5.92 Å². The Morgan fingerprint density at radius 2 is 1.92 bits per heavy atom. The SMILES string of the molecule is C1=CNCC=N1.O=C(OCc1ccccc1)C1CC=C2C=Cc3c(ccc4cc(C(F)(F)F)c(Cl)cc34)C2C1. The van der Waals surface area contributed by atoms with E-state index in [1.165, 1.54) is 6.07 Å². The van der Waals surface area contributed by atoms with Gasteiger partial charge in [0.05, 0.1) is 16.5 Å². The summed E-state index contributed by atoms with van der Waals surface area (Å²) in [5.41, 5.74) is 3.06. The van der Waals surface area contributed by atoms with Crippen molar-refractivity contribution in [3.8, 4) is 0 Å². The zero-order chi connectivity index (χ0) is 27.4. The fraction of sp³-hybridized carbons (Fsp3) is 0.226. The maximum Gasteiger partial charge on any atom is 0.417 e. The van der Waals surface area contributed by atoms with Crippen LogP contribution in [-0.2, 0) is 22.3 Å². The molecule has 0 amide bonds. The molecule has 4 nitrogen and oxygen atoms in total. The minimum absolute atomic E-state index is 0.0153. The number of ether oxygens (including phenoxy) is 1. The van der Waals surface area contributed by atoms with Crippen molar-refractivity contribution in [2.45, 2.75) is 31.5 Å². The van der Waals surface area contributed by atoms with Gasteiger partial charge in [-0.15, -0.1) is 0 Å². The summed E-state index contributed by atoms with van der Waals surface area (Å²) >= 11 is 6.00. The van der Waals surface area contributed by atoms with E-state index in [1.54, 1.807) is 12.3 Å². The predicted molar refractivity (Wildman–Crippen MR) is 148 cm³/mol. The molecule has 3 aromatic rings. The standard InChI is InChI=1S/C27H20ClF3O2.C4H6N2/c28-25-14-23-18(13-24(25)27(29,30)31)9-11-20-21(23)10-8-17-6-7-19(12-22(17)20)26(32)33-15-16-4-2-1-3-5-16;1-2-6-4-3-5-1/h1-6,8-11,13-14,19,22H,7,12,15H2;1-3,6H,4H2. The molecular formula is C31H26ClF3N2O2. The van der Waals surface area contributed by atoms with E-state index in [9.17, 15) is 18.0 Å². The van der Waals surface area contributed by atoms with Crippen LogP contribution in [0.1, 0.15) is 41.0 Å². The Labute approximate surface area is 229 Å². The van der Waals surface area contributed by atoms with Gasteiger partial charge in [-0.1, -0.05) is 72.3 Å². The molecule has 39 heavy (non-hydrogen) atoms. The normalized spacial score (nSPS) is 19.2. The molecule has 2 aliphatic carbocycles. The number of rotatable bonds is 3. The van der Waals surface area contributed by atoms with E-state index in [1.807, 2.05) is 61.0 Å². The number of aliphatic imine (C=N–C) groups is 1. The molecule has 0 saturated carbocycles. The summed E-state index contributed by atoms with van der Waals surface area (Å²) in [6.45, 7) is 1.11. The van der Waals surface area contributed by atoms with Crippen LogP contribution in [0.5, 0.6) is 0 Å². The lowest BCUT2D eigenvalue weighted by molar-refractivity contribution is -0.150. The van der Waals surface area contributed by atoms with Crippen LogP contribution in [0.3, 0.4) is 0 Å². The second-order valence-corrected chi connectivity index (χ2v) is 9.93. The molecular weight excluding hydrogens is 525 g/mol. The molecule has 0 spiro atoms. The summed E-state index contributed by atoms with van der Waals surface area (Å²) in [6, 6.07) is 15.6. The summed E-state index contributed by atoms with van der Waals surface area (Å²) in [5.74, 6) is -0.517. The van der Waals surface area contributed by atoms with Gasteiger partial charge in [0.2, 0.25) is 0 Å². The monoisotopic (exact) mass is 550 g/mol. The Bertz CT molecular complexity index is 1480. The molecule has 0 fully saturated rings. The number of alkyl halides is 3. The highest BCUT2D eigenvalue weighted by atomic mass is 35.5. The number of esters is 1. The van der Waals surface area contributed by atoms with E-state index >= 15 is 0 Å². The first-order chi connectivity index (χ1) is 18.8. The summed E-state index contributed by atoms with van der Waals surface area (Å²) in [6.07, 6.45) is 8.03. The maximum atomic E-state index is 13.3. The van der Waals surface area contributed by atoms with Crippen molar-refractivity contribution < 1.29 is 22.7 Å². The van der Waals surface area contributed by atoms with Crippen molar-refractivity contribution >= 4 is 40.6 Å². The van der Waals surface area contributed by atoms with E-state index in [-0.39, 0.29) is 29.4 Å². The van der Waals surface area contributed by atoms with E-state index in [2.05, 4.69) is 16.4 Å². The Balaban J connectivity index is 0.000000455. The average Bonchev–Trinajstić information content (AvgIpc) is 2.96. The van der Waals surface area contributed by atoms with Crippen LogP contribution in [-0.4, -0.2) is 18.7 Å². The number of carbonyl (C=O) groups is 1. The number of halogens is 4. The molecule has 0 saturated heterocycles. The predicted octanol–water partition coefficient (Wildman–Crippen LogP) is 7.83. The van der Waals surface area contributed by atoms with Gasteiger partial charge in [-0.05, 0) is 58.0 Å². The highest BCUT2D eigenvalue weighted by Crippen LogP contribution is 2.46. The van der Waals surface area contributed by atoms with E-state index in [4.69, 9.17) is 16.3 Å². The highest BCUT2D eigenvalue weighted by molar-refractivity contribution is 6.32. The molecule has 1 N–H and O–H groups in total. The molecule has 8 heteroatoms. The Morgan fingerprint density at radius 1 is 1.10 bits per heavy atom. The highest BCUT2D eigenvalue weighted by Gasteiger charge is 2.35. The zero-order valence-electron chi connectivity index (χ0n) is 20.9. The summed E-state index contributed by atoms with van der Waals surface area (Å²) in [5, 5.41) is 3.80. The molecule has 0 aromatic heterocycles. The molecule has 200 valence electrons. The van der Waals surface area contributed by atoms with Crippen molar-refractivity contribution in [3.63, 3.8) is 0 Å². The Hall–Kier alpha value is -3.84. The van der Waals surface area contributed by atoms with Crippen molar-refractivity contribution in [3.05, 3.63) is 112 Å². The van der Waals surface area contributed by atoms with Crippen molar-refractivity contribution in [2.24, 2.45) is 10.9 Å². The van der Waals surface area contributed by atoms with Crippen LogP contribution >= 0.6 is 11.6 Å². The van der Waals surface area contributed by atoms with Crippen LogP contribution < -0.4 is 5.32 Å². The molecule has 0 bridgehead atoms. The lowest BCUT2D eigenvalue weighted by Crippen LogP contribution is -2.24. The zero-order valence-corrected chi connectivity index (χ0v) is 21.7. The molecule has 2 unspecified atom stereocenters. The first-order valence-corrected chi connectivity index (χ1v) is 13.0. The molecule has 3 aliphatic rings. The van der Waals surface area contributed by atoms with Gasteiger partial charge in [0, 0.05) is 31.1 Å². The van der Waals surface area contributed by atoms with E-state index in [0.29, 0.717) is 23.6 Å². The Morgan fingerprint density at radius 3 is 2.59 bits per heavy atom. The minimum Gasteiger partial charge on any atom is -0.461 e. The molecule has 1 heterocycles. The fourth-order valence-electron chi connectivity index (χ4n) is 5.07. The third kappa shape index (κ3) is 6.09. The number of hydrogen-bond acceptors (Lipinski definition) is 4. The smallest absolute Gasteiger partial charge is 0.417 e. The first-order valence-electron chi connectivity index (χ1n) is 12.6. The number of hydrogen-bond donors (Lipinski definition) is 1. The first kappa shape index (κ1) is 26.8. The van der Waals surface area contributed by atoms with Gasteiger partial charge in [0.25, 0.3) is 0 Å². The lowest BCUT2D eigenvalue weighted by atomic mass is 9.73. The van der Waals surface area contributed by atoms with Crippen molar-refractivity contribution in [1.29, 1.82) is 0 Å². The van der Waals surface area contributed by atoms with Crippen LogP contribution in [0.25, 0.3) is 16.8 Å².